The average Bonchev–Trinajstić information content (AvgIpc) is 2.83. The van der Waals surface area contributed by atoms with Gasteiger partial charge in [-0.25, -0.2) is 16.8 Å². The molecule has 0 spiro atoms. The van der Waals surface area contributed by atoms with E-state index < -0.39 is 20.0 Å². The number of benzene rings is 2. The lowest BCUT2D eigenvalue weighted by atomic mass is 9.98. The molecule has 0 radical (unpaired) electrons. The number of carbonyl (C=O) groups excluding carboxylic acids is 1. The number of rotatable bonds is 9. The maximum Gasteiger partial charge on any atom is 0.309 e. The largest absolute Gasteiger partial charge is 0.466 e. The van der Waals surface area contributed by atoms with Crippen LogP contribution >= 0.6 is 0 Å². The molecule has 2 aromatic rings. The van der Waals surface area contributed by atoms with Gasteiger partial charge in [-0.3, -0.25) is 4.79 Å². The molecule has 1 aliphatic rings. The van der Waals surface area contributed by atoms with Gasteiger partial charge >= 0.3 is 5.97 Å². The number of piperidine rings is 1. The highest BCUT2D eigenvalue weighted by molar-refractivity contribution is 7.89. The number of hydrogen-bond acceptors (Lipinski definition) is 6. The van der Waals surface area contributed by atoms with Crippen molar-refractivity contribution in [3.05, 3.63) is 60.2 Å². The van der Waals surface area contributed by atoms with Crippen molar-refractivity contribution in [3.8, 4) is 0 Å². The Bertz CT molecular complexity index is 1140. The molecule has 0 bridgehead atoms. The van der Waals surface area contributed by atoms with E-state index in [1.54, 1.807) is 13.8 Å². The van der Waals surface area contributed by atoms with Crippen LogP contribution in [0.1, 0.15) is 32.3 Å². The summed E-state index contributed by atoms with van der Waals surface area (Å²) in [6.07, 6.45) is 0.797. The molecule has 1 aliphatic heterocycles. The second-order valence-corrected chi connectivity index (χ2v) is 11.7. The van der Waals surface area contributed by atoms with Crippen LogP contribution in [-0.4, -0.2) is 57.7 Å². The van der Waals surface area contributed by atoms with Crippen LogP contribution < -0.4 is 0 Å². The molecule has 1 saturated heterocycles. The Balaban J connectivity index is 1.72. The van der Waals surface area contributed by atoms with Gasteiger partial charge in [0.15, 0.2) is 0 Å². The molecule has 0 unspecified atom stereocenters. The first-order valence-electron chi connectivity index (χ1n) is 11.0. The normalized spacial score (nSPS) is 16.1. The van der Waals surface area contributed by atoms with Crippen LogP contribution in [-0.2, 0) is 36.1 Å². The molecule has 0 atom stereocenters. The summed E-state index contributed by atoms with van der Waals surface area (Å²) in [5.41, 5.74) is 0.869. The van der Waals surface area contributed by atoms with Gasteiger partial charge in [-0.1, -0.05) is 37.3 Å². The fourth-order valence-corrected chi connectivity index (χ4v) is 6.73. The third-order valence-electron chi connectivity index (χ3n) is 5.73. The minimum atomic E-state index is -3.79. The van der Waals surface area contributed by atoms with Crippen LogP contribution in [0.2, 0.25) is 0 Å². The van der Waals surface area contributed by atoms with Crippen molar-refractivity contribution in [2.75, 3.05) is 26.2 Å². The Morgan fingerprint density at radius 3 is 2.06 bits per heavy atom. The molecule has 0 aromatic heterocycles. The van der Waals surface area contributed by atoms with E-state index in [4.69, 9.17) is 4.74 Å². The third-order valence-corrected chi connectivity index (χ3v) is 9.58. The zero-order valence-electron chi connectivity index (χ0n) is 18.9. The first-order valence-corrected chi connectivity index (χ1v) is 13.9. The summed E-state index contributed by atoms with van der Waals surface area (Å²) in [6.45, 7) is 4.75. The molecule has 1 heterocycles. The fourth-order valence-electron chi connectivity index (χ4n) is 3.83. The molecule has 3 rings (SSSR count). The lowest BCUT2D eigenvalue weighted by molar-refractivity contribution is -0.149. The summed E-state index contributed by atoms with van der Waals surface area (Å²) in [4.78, 5) is 12.0. The lowest BCUT2D eigenvalue weighted by Crippen LogP contribution is -2.40. The molecule has 8 nitrogen and oxygen atoms in total. The zero-order valence-corrected chi connectivity index (χ0v) is 20.5. The molecular formula is C23H30N2O6S2. The van der Waals surface area contributed by atoms with Crippen molar-refractivity contribution in [2.24, 2.45) is 5.92 Å². The van der Waals surface area contributed by atoms with E-state index in [9.17, 15) is 21.6 Å². The van der Waals surface area contributed by atoms with E-state index in [-0.39, 0.29) is 47.9 Å². The highest BCUT2D eigenvalue weighted by Gasteiger charge is 2.33. The van der Waals surface area contributed by atoms with E-state index in [0.29, 0.717) is 19.4 Å². The van der Waals surface area contributed by atoms with Crippen LogP contribution in [0.5, 0.6) is 0 Å². The van der Waals surface area contributed by atoms with Crippen molar-refractivity contribution in [1.29, 1.82) is 0 Å². The minimum Gasteiger partial charge on any atom is -0.466 e. The van der Waals surface area contributed by atoms with Gasteiger partial charge in [0, 0.05) is 26.2 Å². The number of esters is 1. The van der Waals surface area contributed by atoms with Crippen LogP contribution in [0, 0.1) is 5.92 Å². The SMILES string of the molecule is CCOC(=O)C1CCN(S(=O)(=O)c2ccc(S(=O)(=O)N(CC)Cc3ccccc3)cc2)CC1. The van der Waals surface area contributed by atoms with Crippen molar-refractivity contribution in [3.63, 3.8) is 0 Å². The first-order chi connectivity index (χ1) is 15.7. The Hall–Kier alpha value is -2.27. The van der Waals surface area contributed by atoms with Gasteiger partial charge in [0.05, 0.1) is 22.3 Å². The molecule has 0 amide bonds. The van der Waals surface area contributed by atoms with Crippen LogP contribution in [0.25, 0.3) is 0 Å². The zero-order chi connectivity index (χ0) is 24.1. The molecule has 0 aliphatic carbocycles. The fraction of sp³-hybridized carbons (Fsp3) is 0.435. The molecule has 2 aromatic carbocycles. The maximum absolute atomic E-state index is 13.1. The summed E-state index contributed by atoms with van der Waals surface area (Å²) in [7, 11) is -7.57. The number of ether oxygens (including phenoxy) is 1. The van der Waals surface area contributed by atoms with Gasteiger partial charge in [0.2, 0.25) is 20.0 Å². The molecular weight excluding hydrogens is 464 g/mol. The summed E-state index contributed by atoms with van der Waals surface area (Å²) < 4.78 is 60.0. The van der Waals surface area contributed by atoms with E-state index in [0.717, 1.165) is 5.56 Å². The number of nitrogens with zero attached hydrogens (tertiary/aromatic N) is 2. The van der Waals surface area contributed by atoms with Crippen molar-refractivity contribution in [2.45, 2.75) is 43.0 Å². The van der Waals surface area contributed by atoms with E-state index in [2.05, 4.69) is 0 Å². The summed E-state index contributed by atoms with van der Waals surface area (Å²) >= 11 is 0. The quantitative estimate of drug-likeness (QED) is 0.497. The van der Waals surface area contributed by atoms with Gasteiger partial charge in [-0.2, -0.15) is 8.61 Å². The molecule has 0 N–H and O–H groups in total. The first kappa shape index (κ1) is 25.4. The van der Waals surface area contributed by atoms with Crippen LogP contribution in [0.3, 0.4) is 0 Å². The van der Waals surface area contributed by atoms with Crippen molar-refractivity contribution < 1.29 is 26.4 Å². The topological polar surface area (TPSA) is 101 Å². The van der Waals surface area contributed by atoms with Gasteiger partial charge in [0.1, 0.15) is 0 Å². The second-order valence-electron chi connectivity index (χ2n) is 7.82. The Morgan fingerprint density at radius 2 is 1.52 bits per heavy atom. The summed E-state index contributed by atoms with van der Waals surface area (Å²) in [6, 6.07) is 14.6. The molecule has 10 heteroatoms. The highest BCUT2D eigenvalue weighted by Crippen LogP contribution is 2.26. The molecule has 1 fully saturated rings. The molecule has 180 valence electrons. The Kier molecular flexibility index (Phi) is 8.28. The summed E-state index contributed by atoms with van der Waals surface area (Å²) in [5.74, 6) is -0.589. The summed E-state index contributed by atoms with van der Waals surface area (Å²) in [5, 5.41) is 0. The maximum atomic E-state index is 13.1. The average molecular weight is 495 g/mol. The third kappa shape index (κ3) is 5.81. The monoisotopic (exact) mass is 494 g/mol. The second kappa shape index (κ2) is 10.8. The lowest BCUT2D eigenvalue weighted by Gasteiger charge is -2.30. The van der Waals surface area contributed by atoms with Gasteiger partial charge in [-0.15, -0.1) is 0 Å². The van der Waals surface area contributed by atoms with Crippen LogP contribution in [0.15, 0.2) is 64.4 Å². The van der Waals surface area contributed by atoms with Crippen molar-refractivity contribution in [1.82, 2.24) is 8.61 Å². The Labute approximate surface area is 196 Å². The van der Waals surface area contributed by atoms with Gasteiger partial charge in [0.25, 0.3) is 0 Å². The smallest absolute Gasteiger partial charge is 0.309 e. The van der Waals surface area contributed by atoms with E-state index in [1.165, 1.54) is 32.9 Å². The number of hydrogen-bond donors (Lipinski definition) is 0. The number of carbonyl (C=O) groups is 1. The molecule has 33 heavy (non-hydrogen) atoms. The van der Waals surface area contributed by atoms with Crippen LogP contribution in [0.4, 0.5) is 0 Å². The highest BCUT2D eigenvalue weighted by atomic mass is 32.2. The van der Waals surface area contributed by atoms with Gasteiger partial charge in [-0.05, 0) is 49.6 Å². The van der Waals surface area contributed by atoms with E-state index >= 15 is 0 Å². The predicted octanol–water partition coefficient (Wildman–Crippen LogP) is 2.86. The Morgan fingerprint density at radius 1 is 0.939 bits per heavy atom. The molecule has 0 saturated carbocycles. The van der Waals surface area contributed by atoms with Gasteiger partial charge < -0.3 is 4.74 Å². The number of sulfonamides is 2. The van der Waals surface area contributed by atoms with E-state index in [1.807, 2.05) is 30.3 Å². The van der Waals surface area contributed by atoms with Crippen molar-refractivity contribution >= 4 is 26.0 Å². The standard InChI is InChI=1S/C23H30N2O6S2/c1-3-24(18-19-8-6-5-7-9-19)32(27,28)21-10-12-22(13-11-21)33(29,30)25-16-14-20(15-17-25)23(26)31-4-2/h5-13,20H,3-4,14-18H2,1-2H3. The minimum absolute atomic E-state index is 0.0298. The predicted molar refractivity (Wildman–Crippen MR) is 124 cm³/mol.